The normalized spacial score (nSPS) is 13.3. The zero-order valence-corrected chi connectivity index (χ0v) is 10.5. The molecule has 2 rings (SSSR count). The number of nitrogens with one attached hydrogen (secondary N) is 1. The second kappa shape index (κ2) is 5.40. The molecular weight excluding hydrogens is 246 g/mol. The lowest BCUT2D eigenvalue weighted by Crippen LogP contribution is -2.35. The van der Waals surface area contributed by atoms with Gasteiger partial charge in [0.25, 0.3) is 5.91 Å². The van der Waals surface area contributed by atoms with Crippen LogP contribution in [-0.2, 0) is 16.0 Å². The number of benzene rings is 1. The van der Waals surface area contributed by atoms with Gasteiger partial charge in [-0.1, -0.05) is 6.07 Å². The van der Waals surface area contributed by atoms with Crippen LogP contribution in [0.1, 0.15) is 5.56 Å². The third-order valence-electron chi connectivity index (χ3n) is 2.84. The van der Waals surface area contributed by atoms with Crippen LogP contribution in [-0.4, -0.2) is 32.0 Å². The number of likely N-dealkylation sites (N-methyl/N-ethyl adjacent to an activating group) is 1. The molecule has 0 spiro atoms. The number of carbonyl (C=O) groups excluding carboxylic acids is 2. The fourth-order valence-corrected chi connectivity index (χ4v) is 1.81. The molecule has 1 heterocycles. The Bertz CT molecular complexity index is 563. The van der Waals surface area contributed by atoms with E-state index in [1.54, 1.807) is 25.2 Å². The predicted octanol–water partition coefficient (Wildman–Crippen LogP) is 0.224. The molecule has 0 aromatic heterocycles. The molecule has 0 bridgehead atoms. The van der Waals surface area contributed by atoms with Gasteiger partial charge in [-0.2, -0.15) is 5.26 Å². The topological polar surface area (TPSA) is 82.4 Å². The summed E-state index contributed by atoms with van der Waals surface area (Å²) in [5, 5.41) is 10.8. The van der Waals surface area contributed by atoms with E-state index in [0.29, 0.717) is 11.4 Å². The fraction of sp³-hybridized carbons (Fsp3) is 0.308. The Labute approximate surface area is 110 Å². The first-order valence-electron chi connectivity index (χ1n) is 5.77. The minimum Gasteiger partial charge on any atom is -0.482 e. The molecule has 0 unspecified atom stereocenters. The molecule has 1 aliphatic rings. The second-order valence-corrected chi connectivity index (χ2v) is 4.16. The van der Waals surface area contributed by atoms with Gasteiger partial charge in [0.2, 0.25) is 5.91 Å². The molecule has 1 aromatic carbocycles. The number of ether oxygens (including phenoxy) is 1. The molecule has 0 atom stereocenters. The highest BCUT2D eigenvalue weighted by atomic mass is 16.5. The smallest absolute Gasteiger partial charge is 0.264 e. The van der Waals surface area contributed by atoms with Crippen LogP contribution in [0.3, 0.4) is 0 Å². The molecule has 6 nitrogen and oxygen atoms in total. The number of nitrogens with zero attached hydrogens (tertiary/aromatic N) is 2. The third-order valence-corrected chi connectivity index (χ3v) is 2.84. The molecule has 0 aliphatic carbocycles. The van der Waals surface area contributed by atoms with Crippen LogP contribution in [0.2, 0.25) is 0 Å². The van der Waals surface area contributed by atoms with Gasteiger partial charge in [0.15, 0.2) is 6.61 Å². The summed E-state index contributed by atoms with van der Waals surface area (Å²) >= 11 is 0. The standard InChI is InChI=1S/C13H13N3O3/c1-16-10-6-9(7-12(17)15-5-4-14)2-3-11(10)19-8-13(16)18/h2-3,6H,5,7-8H2,1H3,(H,15,17). The number of anilines is 1. The second-order valence-electron chi connectivity index (χ2n) is 4.16. The van der Waals surface area contributed by atoms with Crippen LogP contribution < -0.4 is 15.0 Å². The first-order valence-corrected chi connectivity index (χ1v) is 5.77. The maximum atomic E-state index is 11.5. The molecule has 6 heteroatoms. The van der Waals surface area contributed by atoms with Gasteiger partial charge in [-0.15, -0.1) is 0 Å². The van der Waals surface area contributed by atoms with Crippen LogP contribution in [0.5, 0.6) is 5.75 Å². The van der Waals surface area contributed by atoms with Gasteiger partial charge in [0.05, 0.1) is 18.2 Å². The molecule has 0 fully saturated rings. The Morgan fingerprint density at radius 3 is 3.11 bits per heavy atom. The lowest BCUT2D eigenvalue weighted by Gasteiger charge is -2.26. The Kier molecular flexibility index (Phi) is 3.66. The number of hydrogen-bond donors (Lipinski definition) is 1. The summed E-state index contributed by atoms with van der Waals surface area (Å²) in [7, 11) is 1.67. The number of rotatable bonds is 3. The van der Waals surface area contributed by atoms with Crippen molar-refractivity contribution in [2.75, 3.05) is 25.1 Å². The average Bonchev–Trinajstić information content (AvgIpc) is 2.41. The van der Waals surface area contributed by atoms with Gasteiger partial charge < -0.3 is 15.0 Å². The predicted molar refractivity (Wildman–Crippen MR) is 67.7 cm³/mol. The number of fused-ring (bicyclic) bond motifs is 1. The van der Waals surface area contributed by atoms with E-state index in [9.17, 15) is 9.59 Å². The van der Waals surface area contributed by atoms with Crippen molar-refractivity contribution in [1.29, 1.82) is 5.26 Å². The summed E-state index contributed by atoms with van der Waals surface area (Å²) in [4.78, 5) is 24.5. The Morgan fingerprint density at radius 2 is 2.37 bits per heavy atom. The first kappa shape index (κ1) is 12.9. The molecule has 1 aliphatic heterocycles. The first-order chi connectivity index (χ1) is 9.11. The Hall–Kier alpha value is -2.55. The SMILES string of the molecule is CN1C(=O)COc2ccc(CC(=O)NCC#N)cc21. The van der Waals surface area contributed by atoms with Crippen molar-refractivity contribution in [1.82, 2.24) is 5.32 Å². The molecule has 0 saturated heterocycles. The van der Waals surface area contributed by atoms with Gasteiger partial charge in [-0.05, 0) is 17.7 Å². The fourth-order valence-electron chi connectivity index (χ4n) is 1.81. The van der Waals surface area contributed by atoms with E-state index in [2.05, 4.69) is 5.32 Å². The van der Waals surface area contributed by atoms with E-state index in [1.165, 1.54) is 4.90 Å². The monoisotopic (exact) mass is 259 g/mol. The van der Waals surface area contributed by atoms with Crippen molar-refractivity contribution in [2.24, 2.45) is 0 Å². The van der Waals surface area contributed by atoms with Gasteiger partial charge in [-0.25, -0.2) is 0 Å². The number of amides is 2. The lowest BCUT2D eigenvalue weighted by molar-refractivity contribution is -0.121. The molecule has 2 amide bonds. The van der Waals surface area contributed by atoms with E-state index in [1.807, 2.05) is 6.07 Å². The van der Waals surface area contributed by atoms with Crippen LogP contribution >= 0.6 is 0 Å². The lowest BCUT2D eigenvalue weighted by atomic mass is 10.1. The van der Waals surface area contributed by atoms with Crippen LogP contribution in [0.25, 0.3) is 0 Å². The molecule has 0 saturated carbocycles. The molecular formula is C13H13N3O3. The van der Waals surface area contributed by atoms with E-state index < -0.39 is 0 Å². The van der Waals surface area contributed by atoms with E-state index in [0.717, 1.165) is 5.56 Å². The highest BCUT2D eigenvalue weighted by Gasteiger charge is 2.22. The summed E-state index contributed by atoms with van der Waals surface area (Å²) in [5.74, 6) is 0.272. The minimum atomic E-state index is -0.229. The zero-order chi connectivity index (χ0) is 13.8. The van der Waals surface area contributed by atoms with E-state index in [4.69, 9.17) is 10.00 Å². The summed E-state index contributed by atoms with van der Waals surface area (Å²) in [6.45, 7) is 0.0246. The highest BCUT2D eigenvalue weighted by Crippen LogP contribution is 2.31. The van der Waals surface area contributed by atoms with Crippen LogP contribution in [0, 0.1) is 11.3 Å². The number of nitriles is 1. The molecule has 98 valence electrons. The van der Waals surface area contributed by atoms with Gasteiger partial charge in [-0.3, -0.25) is 9.59 Å². The molecule has 19 heavy (non-hydrogen) atoms. The molecule has 0 radical (unpaired) electrons. The third kappa shape index (κ3) is 2.83. The van der Waals surface area contributed by atoms with Gasteiger partial charge >= 0.3 is 0 Å². The summed E-state index contributed by atoms with van der Waals surface area (Å²) < 4.78 is 5.30. The van der Waals surface area contributed by atoms with Crippen molar-refractivity contribution in [3.8, 4) is 11.8 Å². The Morgan fingerprint density at radius 1 is 1.58 bits per heavy atom. The van der Waals surface area contributed by atoms with E-state index in [-0.39, 0.29) is 31.4 Å². The summed E-state index contributed by atoms with van der Waals surface area (Å²) in [5.41, 5.74) is 1.42. The zero-order valence-electron chi connectivity index (χ0n) is 10.5. The quantitative estimate of drug-likeness (QED) is 0.787. The summed E-state index contributed by atoms with van der Waals surface area (Å²) in [6, 6.07) is 7.10. The van der Waals surface area contributed by atoms with Crippen LogP contribution in [0.4, 0.5) is 5.69 Å². The molecule has 1 N–H and O–H groups in total. The maximum absolute atomic E-state index is 11.5. The average molecular weight is 259 g/mol. The number of hydrogen-bond acceptors (Lipinski definition) is 4. The minimum absolute atomic E-state index is 0.00866. The maximum Gasteiger partial charge on any atom is 0.264 e. The Balaban J connectivity index is 2.15. The van der Waals surface area contributed by atoms with E-state index >= 15 is 0 Å². The largest absolute Gasteiger partial charge is 0.482 e. The van der Waals surface area contributed by atoms with Crippen molar-refractivity contribution >= 4 is 17.5 Å². The van der Waals surface area contributed by atoms with Crippen molar-refractivity contribution in [3.63, 3.8) is 0 Å². The highest BCUT2D eigenvalue weighted by molar-refractivity contribution is 5.97. The van der Waals surface area contributed by atoms with Crippen LogP contribution in [0.15, 0.2) is 18.2 Å². The van der Waals surface area contributed by atoms with Gasteiger partial charge in [0, 0.05) is 7.05 Å². The number of carbonyl (C=O) groups is 2. The van der Waals surface area contributed by atoms with Gasteiger partial charge in [0.1, 0.15) is 12.3 Å². The molecule has 1 aromatic rings. The van der Waals surface area contributed by atoms with Crippen molar-refractivity contribution < 1.29 is 14.3 Å². The summed E-state index contributed by atoms with van der Waals surface area (Å²) in [6.07, 6.45) is 0.164. The van der Waals surface area contributed by atoms with Crippen molar-refractivity contribution in [3.05, 3.63) is 23.8 Å². The van der Waals surface area contributed by atoms with Crippen molar-refractivity contribution in [2.45, 2.75) is 6.42 Å².